The predicted octanol–water partition coefficient (Wildman–Crippen LogP) is 1.06. The van der Waals surface area contributed by atoms with Crippen LogP contribution >= 0.6 is 0 Å². The molecule has 0 N–H and O–H groups in total. The second-order valence-corrected chi connectivity index (χ2v) is 3.22. The molecule has 0 fully saturated rings. The van der Waals surface area contributed by atoms with E-state index in [9.17, 15) is 9.59 Å². The van der Waals surface area contributed by atoms with Crippen LogP contribution in [0.1, 0.15) is 20.7 Å². The van der Waals surface area contributed by atoms with Crippen LogP contribution in [-0.4, -0.2) is 32.6 Å². The van der Waals surface area contributed by atoms with Crippen LogP contribution in [0.15, 0.2) is 12.1 Å². The number of hydrogen-bond acceptors (Lipinski definition) is 5. The molecular weight excluding hydrogens is 212 g/mol. The highest BCUT2D eigenvalue weighted by Gasteiger charge is 2.30. The van der Waals surface area contributed by atoms with Gasteiger partial charge in [0.1, 0.15) is 17.1 Å². The standard InChI is InChI=1S/C11H10O5/c1-14-8-4-3-6-7(12)5-16-10(6)9(8)11(13)15-2/h3-4H,5H2,1-2H3. The van der Waals surface area contributed by atoms with Crippen molar-refractivity contribution in [3.8, 4) is 11.5 Å². The summed E-state index contributed by atoms with van der Waals surface area (Å²) in [5.41, 5.74) is 0.551. The number of Topliss-reactive ketones (excluding diaryl/α,β-unsaturated/α-hetero) is 1. The maximum Gasteiger partial charge on any atom is 0.345 e. The van der Waals surface area contributed by atoms with Gasteiger partial charge < -0.3 is 14.2 Å². The zero-order valence-electron chi connectivity index (χ0n) is 8.90. The molecule has 0 aliphatic carbocycles. The van der Waals surface area contributed by atoms with Crippen LogP contribution in [0.25, 0.3) is 0 Å². The maximum absolute atomic E-state index is 11.6. The molecule has 5 heteroatoms. The number of fused-ring (bicyclic) bond motifs is 1. The number of carbonyl (C=O) groups excluding carboxylic acids is 2. The third-order valence-corrected chi connectivity index (χ3v) is 2.38. The van der Waals surface area contributed by atoms with Gasteiger partial charge in [0.2, 0.25) is 5.78 Å². The van der Waals surface area contributed by atoms with Gasteiger partial charge in [0.25, 0.3) is 0 Å². The van der Waals surface area contributed by atoms with Gasteiger partial charge in [0.05, 0.1) is 19.8 Å². The van der Waals surface area contributed by atoms with Crippen LogP contribution in [-0.2, 0) is 4.74 Å². The van der Waals surface area contributed by atoms with Gasteiger partial charge >= 0.3 is 5.97 Å². The monoisotopic (exact) mass is 222 g/mol. The first-order valence-corrected chi connectivity index (χ1v) is 4.64. The minimum atomic E-state index is -0.580. The lowest BCUT2D eigenvalue weighted by atomic mass is 10.1. The fourth-order valence-corrected chi connectivity index (χ4v) is 1.62. The van der Waals surface area contributed by atoms with Gasteiger partial charge in [-0.3, -0.25) is 4.79 Å². The number of carbonyl (C=O) groups is 2. The van der Waals surface area contributed by atoms with Crippen molar-refractivity contribution in [1.29, 1.82) is 0 Å². The Morgan fingerprint density at radius 1 is 1.38 bits per heavy atom. The second-order valence-electron chi connectivity index (χ2n) is 3.22. The highest BCUT2D eigenvalue weighted by molar-refractivity contribution is 6.07. The summed E-state index contributed by atoms with van der Waals surface area (Å²) in [5.74, 6) is -0.150. The molecule has 16 heavy (non-hydrogen) atoms. The van der Waals surface area contributed by atoms with E-state index < -0.39 is 5.97 Å². The molecule has 0 amide bonds. The average Bonchev–Trinajstić information content (AvgIpc) is 2.69. The number of benzene rings is 1. The Morgan fingerprint density at radius 2 is 2.12 bits per heavy atom. The first kappa shape index (κ1) is 10.5. The number of esters is 1. The van der Waals surface area contributed by atoms with Crippen LogP contribution in [0.4, 0.5) is 0 Å². The van der Waals surface area contributed by atoms with Crippen molar-refractivity contribution < 1.29 is 23.8 Å². The molecule has 1 aromatic rings. The third kappa shape index (κ3) is 1.41. The van der Waals surface area contributed by atoms with E-state index in [1.54, 1.807) is 12.1 Å². The van der Waals surface area contributed by atoms with E-state index in [0.717, 1.165) is 0 Å². The lowest BCUT2D eigenvalue weighted by Gasteiger charge is -2.09. The molecule has 0 bridgehead atoms. The molecule has 0 aromatic heterocycles. The molecule has 1 heterocycles. The Bertz CT molecular complexity index is 464. The summed E-state index contributed by atoms with van der Waals surface area (Å²) in [5, 5.41) is 0. The molecular formula is C11H10O5. The zero-order valence-corrected chi connectivity index (χ0v) is 8.90. The van der Waals surface area contributed by atoms with Gasteiger partial charge in [-0.05, 0) is 12.1 Å². The molecule has 0 saturated heterocycles. The summed E-state index contributed by atoms with van der Waals surface area (Å²) in [6.07, 6.45) is 0. The van der Waals surface area contributed by atoms with E-state index in [-0.39, 0.29) is 23.7 Å². The van der Waals surface area contributed by atoms with Crippen LogP contribution in [0, 0.1) is 0 Å². The van der Waals surface area contributed by atoms with Crippen molar-refractivity contribution in [3.63, 3.8) is 0 Å². The first-order chi connectivity index (χ1) is 7.69. The van der Waals surface area contributed by atoms with E-state index in [0.29, 0.717) is 11.3 Å². The quantitative estimate of drug-likeness (QED) is 0.700. The van der Waals surface area contributed by atoms with Crippen molar-refractivity contribution in [2.45, 2.75) is 0 Å². The van der Waals surface area contributed by atoms with Gasteiger partial charge in [-0.25, -0.2) is 4.79 Å². The first-order valence-electron chi connectivity index (χ1n) is 4.64. The molecule has 0 radical (unpaired) electrons. The summed E-state index contributed by atoms with van der Waals surface area (Å²) in [6.45, 7) is -0.0491. The van der Waals surface area contributed by atoms with Crippen LogP contribution < -0.4 is 9.47 Å². The smallest absolute Gasteiger partial charge is 0.345 e. The molecule has 0 saturated carbocycles. The summed E-state index contributed by atoms with van der Waals surface area (Å²) >= 11 is 0. The Hall–Kier alpha value is -2.04. The van der Waals surface area contributed by atoms with Crippen molar-refractivity contribution in [2.24, 2.45) is 0 Å². The SMILES string of the molecule is COC(=O)c1c(OC)ccc2c1OCC2=O. The van der Waals surface area contributed by atoms with E-state index in [4.69, 9.17) is 9.47 Å². The zero-order chi connectivity index (χ0) is 11.7. The van der Waals surface area contributed by atoms with Gasteiger partial charge in [0.15, 0.2) is 6.61 Å². The van der Waals surface area contributed by atoms with E-state index in [1.165, 1.54) is 14.2 Å². The summed E-state index contributed by atoms with van der Waals surface area (Å²) < 4.78 is 14.8. The van der Waals surface area contributed by atoms with Gasteiger partial charge in [0, 0.05) is 0 Å². The van der Waals surface area contributed by atoms with Crippen LogP contribution in [0.3, 0.4) is 0 Å². The summed E-state index contributed by atoms with van der Waals surface area (Å²) in [4.78, 5) is 23.0. The number of ketones is 1. The third-order valence-electron chi connectivity index (χ3n) is 2.38. The average molecular weight is 222 g/mol. The Morgan fingerprint density at radius 3 is 2.75 bits per heavy atom. The fraction of sp³-hybridized carbons (Fsp3) is 0.273. The predicted molar refractivity (Wildman–Crippen MR) is 54.2 cm³/mol. The van der Waals surface area contributed by atoms with Crippen molar-refractivity contribution >= 4 is 11.8 Å². The Balaban J connectivity index is 2.63. The molecule has 1 aromatic carbocycles. The number of ether oxygens (including phenoxy) is 3. The van der Waals surface area contributed by atoms with Crippen molar-refractivity contribution in [1.82, 2.24) is 0 Å². The van der Waals surface area contributed by atoms with Gasteiger partial charge in [-0.15, -0.1) is 0 Å². The molecule has 2 rings (SSSR count). The maximum atomic E-state index is 11.6. The highest BCUT2D eigenvalue weighted by Crippen LogP contribution is 2.36. The number of hydrogen-bond donors (Lipinski definition) is 0. The molecule has 1 aliphatic heterocycles. The molecule has 0 spiro atoms. The van der Waals surface area contributed by atoms with E-state index in [2.05, 4.69) is 4.74 Å². The van der Waals surface area contributed by atoms with E-state index in [1.807, 2.05) is 0 Å². The molecule has 0 atom stereocenters. The lowest BCUT2D eigenvalue weighted by molar-refractivity contribution is 0.0592. The highest BCUT2D eigenvalue weighted by atomic mass is 16.5. The Kier molecular flexibility index (Phi) is 2.52. The molecule has 5 nitrogen and oxygen atoms in total. The molecule has 0 unspecified atom stereocenters. The number of rotatable bonds is 2. The van der Waals surface area contributed by atoms with E-state index >= 15 is 0 Å². The van der Waals surface area contributed by atoms with Crippen molar-refractivity contribution in [3.05, 3.63) is 23.3 Å². The molecule has 1 aliphatic rings. The summed E-state index contributed by atoms with van der Waals surface area (Å²) in [6, 6.07) is 3.13. The minimum Gasteiger partial charge on any atom is -0.496 e. The minimum absolute atomic E-state index is 0.0491. The van der Waals surface area contributed by atoms with Crippen LogP contribution in [0.5, 0.6) is 11.5 Å². The number of methoxy groups -OCH3 is 2. The fourth-order valence-electron chi connectivity index (χ4n) is 1.62. The second kappa shape index (κ2) is 3.84. The van der Waals surface area contributed by atoms with Crippen LogP contribution in [0.2, 0.25) is 0 Å². The lowest BCUT2D eigenvalue weighted by Crippen LogP contribution is -2.06. The van der Waals surface area contributed by atoms with Gasteiger partial charge in [-0.1, -0.05) is 0 Å². The topological polar surface area (TPSA) is 61.8 Å². The largest absolute Gasteiger partial charge is 0.496 e. The van der Waals surface area contributed by atoms with Gasteiger partial charge in [-0.2, -0.15) is 0 Å². The molecule has 84 valence electrons. The normalized spacial score (nSPS) is 13.0. The van der Waals surface area contributed by atoms with Crippen molar-refractivity contribution in [2.75, 3.05) is 20.8 Å². The summed E-state index contributed by atoms with van der Waals surface area (Å²) in [7, 11) is 2.70. The Labute approximate surface area is 91.9 Å².